The predicted octanol–water partition coefficient (Wildman–Crippen LogP) is 1.39. The molecule has 0 spiro atoms. The lowest BCUT2D eigenvalue weighted by Crippen LogP contribution is -2.15. The van der Waals surface area contributed by atoms with Gasteiger partial charge < -0.3 is 4.74 Å². The number of carbonyl (C=O) groups excluding carboxylic acids is 2. The molecule has 0 N–H and O–H groups in total. The molecule has 1 unspecified atom stereocenters. The maximum absolute atomic E-state index is 11.3. The van der Waals surface area contributed by atoms with Crippen LogP contribution in [0.15, 0.2) is 18.2 Å². The van der Waals surface area contributed by atoms with Crippen molar-refractivity contribution < 1.29 is 14.3 Å². The molecule has 0 saturated heterocycles. The van der Waals surface area contributed by atoms with Crippen molar-refractivity contribution in [3.8, 4) is 0 Å². The van der Waals surface area contributed by atoms with E-state index in [0.717, 1.165) is 23.8 Å². The van der Waals surface area contributed by atoms with Gasteiger partial charge in [0.2, 0.25) is 0 Å². The highest BCUT2D eigenvalue weighted by Gasteiger charge is 2.27. The van der Waals surface area contributed by atoms with Crippen LogP contribution in [-0.2, 0) is 22.4 Å². The normalized spacial score (nSPS) is 18.3. The zero-order valence-corrected chi connectivity index (χ0v) is 8.53. The number of benzene rings is 1. The Hall–Kier alpha value is -1.64. The summed E-state index contributed by atoms with van der Waals surface area (Å²) in [5, 5.41) is 0. The van der Waals surface area contributed by atoms with Gasteiger partial charge in [-0.05, 0) is 30.0 Å². The van der Waals surface area contributed by atoms with Gasteiger partial charge in [0, 0.05) is 5.56 Å². The SMILES string of the molecule is COC(=O)C1Cc2ccc(C=O)cc2C1. The fourth-order valence-electron chi connectivity index (χ4n) is 2.04. The molecule has 0 aromatic heterocycles. The average Bonchev–Trinajstić information content (AvgIpc) is 2.70. The summed E-state index contributed by atoms with van der Waals surface area (Å²) < 4.78 is 4.71. The molecule has 3 nitrogen and oxygen atoms in total. The van der Waals surface area contributed by atoms with Crippen LogP contribution in [0.5, 0.6) is 0 Å². The van der Waals surface area contributed by atoms with Crippen molar-refractivity contribution in [2.75, 3.05) is 7.11 Å². The Kier molecular flexibility index (Phi) is 2.54. The van der Waals surface area contributed by atoms with E-state index in [2.05, 4.69) is 0 Å². The molecule has 78 valence electrons. The summed E-state index contributed by atoms with van der Waals surface area (Å²) in [5.74, 6) is -0.245. The third-order valence-corrected chi connectivity index (χ3v) is 2.83. The van der Waals surface area contributed by atoms with Gasteiger partial charge in [-0.1, -0.05) is 12.1 Å². The van der Waals surface area contributed by atoms with Gasteiger partial charge in [0.05, 0.1) is 13.0 Å². The van der Waals surface area contributed by atoms with Gasteiger partial charge in [0.1, 0.15) is 6.29 Å². The Morgan fingerprint density at radius 2 is 2.13 bits per heavy atom. The summed E-state index contributed by atoms with van der Waals surface area (Å²) in [5.41, 5.74) is 2.91. The summed E-state index contributed by atoms with van der Waals surface area (Å²) in [6.07, 6.45) is 2.23. The summed E-state index contributed by atoms with van der Waals surface area (Å²) in [4.78, 5) is 21.9. The van der Waals surface area contributed by atoms with Gasteiger partial charge in [-0.15, -0.1) is 0 Å². The molecule has 1 aliphatic carbocycles. The molecule has 15 heavy (non-hydrogen) atoms. The van der Waals surface area contributed by atoms with Crippen molar-refractivity contribution in [1.29, 1.82) is 0 Å². The molecule has 0 heterocycles. The highest BCUT2D eigenvalue weighted by Crippen LogP contribution is 2.27. The molecule has 0 saturated carbocycles. The van der Waals surface area contributed by atoms with Gasteiger partial charge in [0.25, 0.3) is 0 Å². The molecule has 1 aromatic carbocycles. The maximum atomic E-state index is 11.3. The van der Waals surface area contributed by atoms with Crippen molar-refractivity contribution >= 4 is 12.3 Å². The van der Waals surface area contributed by atoms with Crippen molar-refractivity contribution in [3.05, 3.63) is 34.9 Å². The lowest BCUT2D eigenvalue weighted by atomic mass is 10.1. The molecular formula is C12H12O3. The fraction of sp³-hybridized carbons (Fsp3) is 0.333. The van der Waals surface area contributed by atoms with Gasteiger partial charge in [0.15, 0.2) is 0 Å². The van der Waals surface area contributed by atoms with Crippen molar-refractivity contribution in [2.45, 2.75) is 12.8 Å². The van der Waals surface area contributed by atoms with E-state index in [4.69, 9.17) is 4.74 Å². The smallest absolute Gasteiger partial charge is 0.309 e. The largest absolute Gasteiger partial charge is 0.469 e. The first kappa shape index (κ1) is 9.90. The first-order valence-electron chi connectivity index (χ1n) is 4.89. The number of fused-ring (bicyclic) bond motifs is 1. The minimum absolute atomic E-state index is 0.0769. The third-order valence-electron chi connectivity index (χ3n) is 2.83. The molecule has 0 fully saturated rings. The Balaban J connectivity index is 2.23. The maximum Gasteiger partial charge on any atom is 0.309 e. The minimum Gasteiger partial charge on any atom is -0.469 e. The highest BCUT2D eigenvalue weighted by atomic mass is 16.5. The summed E-state index contributed by atoms with van der Waals surface area (Å²) >= 11 is 0. The zero-order chi connectivity index (χ0) is 10.8. The van der Waals surface area contributed by atoms with Crippen LogP contribution < -0.4 is 0 Å². The summed E-state index contributed by atoms with van der Waals surface area (Å²) in [7, 11) is 1.40. The van der Waals surface area contributed by atoms with Crippen LogP contribution >= 0.6 is 0 Å². The van der Waals surface area contributed by atoms with E-state index in [-0.39, 0.29) is 11.9 Å². The van der Waals surface area contributed by atoms with E-state index in [1.165, 1.54) is 7.11 Å². The molecule has 1 aliphatic rings. The quantitative estimate of drug-likeness (QED) is 0.540. The molecule has 2 rings (SSSR count). The number of rotatable bonds is 2. The number of esters is 1. The van der Waals surface area contributed by atoms with Crippen molar-refractivity contribution in [3.63, 3.8) is 0 Å². The lowest BCUT2D eigenvalue weighted by molar-refractivity contribution is -0.145. The molecule has 0 amide bonds. The fourth-order valence-corrected chi connectivity index (χ4v) is 2.04. The Morgan fingerprint density at radius 1 is 1.40 bits per heavy atom. The van der Waals surface area contributed by atoms with Gasteiger partial charge >= 0.3 is 5.97 Å². The highest BCUT2D eigenvalue weighted by molar-refractivity contribution is 5.77. The number of hydrogen-bond donors (Lipinski definition) is 0. The number of methoxy groups -OCH3 is 1. The number of hydrogen-bond acceptors (Lipinski definition) is 3. The van der Waals surface area contributed by atoms with Gasteiger partial charge in [-0.3, -0.25) is 9.59 Å². The van der Waals surface area contributed by atoms with E-state index < -0.39 is 0 Å². The van der Waals surface area contributed by atoms with Crippen LogP contribution in [0.3, 0.4) is 0 Å². The van der Waals surface area contributed by atoms with Crippen LogP contribution in [0.2, 0.25) is 0 Å². The standard InChI is InChI=1S/C12H12O3/c1-15-12(14)11-5-9-3-2-8(7-13)4-10(9)6-11/h2-4,7,11H,5-6H2,1H3. The number of aldehydes is 1. The molecule has 0 radical (unpaired) electrons. The molecule has 0 aliphatic heterocycles. The minimum atomic E-state index is -0.168. The first-order chi connectivity index (χ1) is 7.24. The predicted molar refractivity (Wildman–Crippen MR) is 54.7 cm³/mol. The van der Waals surface area contributed by atoms with Crippen LogP contribution in [0.4, 0.5) is 0 Å². The number of ether oxygens (including phenoxy) is 1. The van der Waals surface area contributed by atoms with Crippen LogP contribution in [0, 0.1) is 5.92 Å². The summed E-state index contributed by atoms with van der Waals surface area (Å²) in [6, 6.07) is 5.55. The van der Waals surface area contributed by atoms with Crippen LogP contribution in [0.1, 0.15) is 21.5 Å². The molecule has 0 bridgehead atoms. The topological polar surface area (TPSA) is 43.4 Å². The second-order valence-electron chi connectivity index (χ2n) is 3.77. The van der Waals surface area contributed by atoms with Crippen molar-refractivity contribution in [2.24, 2.45) is 5.92 Å². The first-order valence-corrected chi connectivity index (χ1v) is 4.89. The van der Waals surface area contributed by atoms with E-state index >= 15 is 0 Å². The molecule has 3 heteroatoms. The van der Waals surface area contributed by atoms with E-state index in [1.54, 1.807) is 6.07 Å². The van der Waals surface area contributed by atoms with Crippen LogP contribution in [0.25, 0.3) is 0 Å². The van der Waals surface area contributed by atoms with E-state index in [0.29, 0.717) is 12.0 Å². The Bertz CT molecular complexity index is 409. The molecule has 1 aromatic rings. The monoisotopic (exact) mass is 204 g/mol. The lowest BCUT2D eigenvalue weighted by Gasteiger charge is -2.04. The van der Waals surface area contributed by atoms with Crippen LogP contribution in [-0.4, -0.2) is 19.4 Å². The van der Waals surface area contributed by atoms with E-state index in [9.17, 15) is 9.59 Å². The average molecular weight is 204 g/mol. The van der Waals surface area contributed by atoms with E-state index in [1.807, 2.05) is 12.1 Å². The summed E-state index contributed by atoms with van der Waals surface area (Å²) in [6.45, 7) is 0. The molecular weight excluding hydrogens is 192 g/mol. The zero-order valence-electron chi connectivity index (χ0n) is 8.53. The Labute approximate surface area is 88.1 Å². The van der Waals surface area contributed by atoms with Gasteiger partial charge in [-0.25, -0.2) is 0 Å². The van der Waals surface area contributed by atoms with Crippen molar-refractivity contribution in [1.82, 2.24) is 0 Å². The second-order valence-corrected chi connectivity index (χ2v) is 3.77. The second kappa shape index (κ2) is 3.85. The number of carbonyl (C=O) groups is 2. The molecule has 1 atom stereocenters. The Morgan fingerprint density at radius 3 is 2.80 bits per heavy atom. The van der Waals surface area contributed by atoms with Gasteiger partial charge in [-0.2, -0.15) is 0 Å². The third kappa shape index (κ3) is 1.77.